The van der Waals surface area contributed by atoms with Gasteiger partial charge in [-0.25, -0.2) is 4.79 Å². The van der Waals surface area contributed by atoms with Gasteiger partial charge in [-0.15, -0.1) is 0 Å². The molecule has 1 unspecified atom stereocenters. The average Bonchev–Trinajstić information content (AvgIpc) is 2.46. The van der Waals surface area contributed by atoms with Gasteiger partial charge in [0.1, 0.15) is 12.7 Å². The molecule has 0 saturated carbocycles. The van der Waals surface area contributed by atoms with Crippen LogP contribution in [0.15, 0.2) is 12.2 Å². The van der Waals surface area contributed by atoms with Crippen molar-refractivity contribution in [1.29, 1.82) is 0 Å². The van der Waals surface area contributed by atoms with Crippen molar-refractivity contribution >= 4 is 39.7 Å². The van der Waals surface area contributed by atoms with Crippen LogP contribution in [-0.4, -0.2) is 69.3 Å². The highest BCUT2D eigenvalue weighted by Gasteiger charge is 2.49. The minimum atomic E-state index is -2.93. The van der Waals surface area contributed by atoms with Gasteiger partial charge in [-0.3, -0.25) is 0 Å². The number of rotatable bonds is 14. The number of aliphatic hydroxyl groups is 2. The van der Waals surface area contributed by atoms with Gasteiger partial charge in [0.05, 0.1) is 6.61 Å². The molecule has 0 bridgehead atoms. The van der Waals surface area contributed by atoms with Gasteiger partial charge in [0.2, 0.25) is 0 Å². The summed E-state index contributed by atoms with van der Waals surface area (Å²) < 4.78 is 24.8. The van der Waals surface area contributed by atoms with Crippen molar-refractivity contribution in [2.45, 2.75) is 83.9 Å². The molecule has 0 spiro atoms. The summed E-state index contributed by atoms with van der Waals surface area (Å²) in [5, 5.41) is 18.1. The lowest BCUT2D eigenvalue weighted by atomic mass is 10.2. The van der Waals surface area contributed by atoms with Gasteiger partial charge in [0.15, 0.2) is 25.0 Å². The van der Waals surface area contributed by atoms with E-state index in [0.717, 1.165) is 0 Å². The molecule has 0 amide bonds. The summed E-state index contributed by atoms with van der Waals surface area (Å²) in [7, 11) is -8.72. The molecule has 0 rings (SSSR count). The molecule has 0 saturated heterocycles. The number of esters is 1. The zero-order chi connectivity index (χ0) is 23.1. The van der Waals surface area contributed by atoms with Crippen LogP contribution in [0.2, 0.25) is 65.0 Å². The van der Waals surface area contributed by atoms with E-state index in [1.807, 2.05) is 0 Å². The summed E-state index contributed by atoms with van der Waals surface area (Å²) in [5.41, 5.74) is 0.326. The Morgan fingerprint density at radius 1 is 0.897 bits per heavy atom. The van der Waals surface area contributed by atoms with Gasteiger partial charge < -0.3 is 27.3 Å². The molecule has 29 heavy (non-hydrogen) atoms. The lowest BCUT2D eigenvalue weighted by Crippen LogP contribution is -2.60. The van der Waals surface area contributed by atoms with Crippen molar-refractivity contribution < 1.29 is 32.1 Å². The molecule has 0 aliphatic rings. The highest BCUT2D eigenvalue weighted by Crippen LogP contribution is 2.30. The third-order valence-electron chi connectivity index (χ3n) is 3.25. The second-order valence-corrected chi connectivity index (χ2v) is 27.2. The van der Waals surface area contributed by atoms with E-state index in [1.54, 1.807) is 0 Å². The zero-order valence-corrected chi connectivity index (χ0v) is 23.8. The first kappa shape index (κ1) is 28.9. The molecule has 0 fully saturated rings. The maximum absolute atomic E-state index is 12.0. The largest absolute Gasteiger partial charge is 0.469 e. The molecular formula is C18H42O7Si4. The van der Waals surface area contributed by atoms with Crippen LogP contribution in [0.3, 0.4) is 0 Å². The van der Waals surface area contributed by atoms with Gasteiger partial charge in [-0.05, 0) is 71.8 Å². The molecule has 172 valence electrons. The van der Waals surface area contributed by atoms with Crippen LogP contribution in [0.25, 0.3) is 0 Å². The Bertz CT molecular complexity index is 495. The lowest BCUT2D eigenvalue weighted by molar-refractivity contribution is -0.142. The van der Waals surface area contributed by atoms with E-state index in [4.69, 9.17) is 22.2 Å². The molecule has 2 N–H and O–H groups in total. The summed E-state index contributed by atoms with van der Waals surface area (Å²) in [4.78, 5) is 12.0. The van der Waals surface area contributed by atoms with Crippen LogP contribution in [0, 0.1) is 0 Å². The molecule has 1 atom stereocenters. The fourth-order valence-corrected chi connectivity index (χ4v) is 17.2. The van der Waals surface area contributed by atoms with Crippen LogP contribution < -0.4 is 0 Å². The van der Waals surface area contributed by atoms with Crippen molar-refractivity contribution in [2.24, 2.45) is 0 Å². The predicted molar refractivity (Wildman–Crippen MR) is 126 cm³/mol. The Hall–Kier alpha value is -0.122. The second kappa shape index (κ2) is 11.5. The fraction of sp³-hybridized carbons (Fsp3) is 0.833. The summed E-state index contributed by atoms with van der Waals surface area (Å²) in [6.07, 6.45) is -0.00309. The van der Waals surface area contributed by atoms with E-state index >= 15 is 0 Å². The number of ether oxygens (including phenoxy) is 1. The third kappa shape index (κ3) is 14.5. The normalized spacial score (nSPS) is 14.6. The first-order chi connectivity index (χ1) is 12.9. The average molecular weight is 483 g/mol. The monoisotopic (exact) mass is 482 g/mol. The third-order valence-corrected chi connectivity index (χ3v) is 15.3. The second-order valence-electron chi connectivity index (χ2n) is 10.2. The fourth-order valence-electron chi connectivity index (χ4n) is 2.56. The van der Waals surface area contributed by atoms with Crippen molar-refractivity contribution in [3.63, 3.8) is 0 Å². The molecule has 0 aliphatic carbocycles. The summed E-state index contributed by atoms with van der Waals surface area (Å²) in [6, 6.07) is 0.622. The van der Waals surface area contributed by atoms with Crippen LogP contribution in [0.4, 0.5) is 0 Å². The Morgan fingerprint density at radius 2 is 1.31 bits per heavy atom. The number of carbonyl (C=O) groups excluding carboxylic acids is 1. The molecule has 0 aromatic heterocycles. The minimum Gasteiger partial charge on any atom is -0.459 e. The van der Waals surface area contributed by atoms with Crippen LogP contribution in [-0.2, 0) is 21.9 Å². The Balaban J connectivity index is 5.24. The number of hydrogen-bond acceptors (Lipinski definition) is 7. The first-order valence-electron chi connectivity index (χ1n) is 10.1. The summed E-state index contributed by atoms with van der Waals surface area (Å²) in [6.45, 7) is 22.3. The quantitative estimate of drug-likeness (QED) is 0.221. The van der Waals surface area contributed by atoms with E-state index in [1.165, 1.54) is 0 Å². The van der Waals surface area contributed by atoms with Gasteiger partial charge >= 0.3 is 14.8 Å². The Morgan fingerprint density at radius 3 is 1.66 bits per heavy atom. The van der Waals surface area contributed by atoms with Crippen molar-refractivity contribution in [3.05, 3.63) is 12.2 Å². The summed E-state index contributed by atoms with van der Waals surface area (Å²) >= 11 is 0. The van der Waals surface area contributed by atoms with Crippen molar-refractivity contribution in [2.75, 3.05) is 13.2 Å². The van der Waals surface area contributed by atoms with E-state index in [0.29, 0.717) is 24.5 Å². The van der Waals surface area contributed by atoms with E-state index in [9.17, 15) is 9.90 Å². The van der Waals surface area contributed by atoms with E-state index in [-0.39, 0.29) is 6.61 Å². The van der Waals surface area contributed by atoms with E-state index < -0.39 is 52.4 Å². The number of aliphatic hydroxyl groups excluding tert-OH is 2. The maximum Gasteiger partial charge on any atom is 0.469 e. The smallest absolute Gasteiger partial charge is 0.459 e. The predicted octanol–water partition coefficient (Wildman–Crippen LogP) is 3.71. The van der Waals surface area contributed by atoms with Crippen LogP contribution in [0.1, 0.15) is 12.8 Å². The molecule has 0 heterocycles. The van der Waals surface area contributed by atoms with Gasteiger partial charge in [-0.1, -0.05) is 6.58 Å². The molecule has 0 radical (unpaired) electrons. The Labute approximate surface area is 181 Å². The number of carbonyl (C=O) groups is 1. The summed E-state index contributed by atoms with van der Waals surface area (Å²) in [5.74, 6) is -0.562. The number of hydrogen-bond donors (Lipinski definition) is 2. The van der Waals surface area contributed by atoms with E-state index in [2.05, 4.69) is 65.5 Å². The SMILES string of the molecule is C=C(CCC[Si](O[Si](C)(C)C)(O[Si](C)(C)C)O[Si](C)(C)C)C(=O)OCC(O)CO. The van der Waals surface area contributed by atoms with Crippen LogP contribution in [0.5, 0.6) is 0 Å². The molecule has 11 heteroatoms. The lowest BCUT2D eigenvalue weighted by Gasteiger charge is -2.43. The van der Waals surface area contributed by atoms with Crippen LogP contribution >= 0.6 is 0 Å². The van der Waals surface area contributed by atoms with Gasteiger partial charge in [-0.2, -0.15) is 0 Å². The molecule has 0 aromatic rings. The molecular weight excluding hydrogens is 441 g/mol. The molecule has 0 aromatic carbocycles. The molecule has 0 aliphatic heterocycles. The highest BCUT2D eigenvalue weighted by molar-refractivity contribution is 6.90. The Kier molecular flexibility index (Phi) is 11.4. The highest BCUT2D eigenvalue weighted by atomic mass is 28.5. The molecule has 7 nitrogen and oxygen atoms in total. The van der Waals surface area contributed by atoms with Crippen molar-refractivity contribution in [1.82, 2.24) is 0 Å². The van der Waals surface area contributed by atoms with Crippen molar-refractivity contribution in [3.8, 4) is 0 Å². The minimum absolute atomic E-state index is 0.247. The topological polar surface area (TPSA) is 94.5 Å². The van der Waals surface area contributed by atoms with Gasteiger partial charge in [0.25, 0.3) is 0 Å². The maximum atomic E-state index is 12.0. The standard InChI is InChI=1S/C18H42O7Si4/c1-16(18(21)22-15-17(20)14-19)12-11-13-29(23-26(2,3)4,24-27(5,6)7)25-28(8,9)10/h17,19-20H,1,11-15H2,2-10H3. The first-order valence-corrected chi connectivity index (χ1v) is 22.3. The van der Waals surface area contributed by atoms with Gasteiger partial charge in [0, 0.05) is 11.6 Å². The zero-order valence-electron chi connectivity index (χ0n) is 19.8.